The van der Waals surface area contributed by atoms with Crippen LogP contribution in [0.5, 0.6) is 0 Å². The lowest BCUT2D eigenvalue weighted by Gasteiger charge is -2.24. The van der Waals surface area contributed by atoms with Gasteiger partial charge >= 0.3 is 6.03 Å². The molecule has 0 radical (unpaired) electrons. The molecule has 0 fully saturated rings. The van der Waals surface area contributed by atoms with Gasteiger partial charge in [-0.1, -0.05) is 59.6 Å². The highest BCUT2D eigenvalue weighted by Gasteiger charge is 2.21. The van der Waals surface area contributed by atoms with E-state index in [1.807, 2.05) is 60.7 Å². The number of rotatable bonds is 4. The Morgan fingerprint density at radius 1 is 0.871 bits per heavy atom. The zero-order chi connectivity index (χ0) is 22.0. The minimum atomic E-state index is -0.412. The highest BCUT2D eigenvalue weighted by atomic mass is 35.5. The van der Waals surface area contributed by atoms with Gasteiger partial charge in [-0.25, -0.2) is 9.78 Å². The third kappa shape index (κ3) is 4.38. The number of carbonyl (C=O) groups excluding carboxylic acids is 2. The molecule has 0 aliphatic rings. The van der Waals surface area contributed by atoms with Crippen molar-refractivity contribution in [2.75, 3.05) is 10.2 Å². The molecule has 154 valence electrons. The third-order valence-electron chi connectivity index (χ3n) is 4.66. The summed E-state index contributed by atoms with van der Waals surface area (Å²) in [7, 11) is 0. The van der Waals surface area contributed by atoms with Gasteiger partial charge in [0.1, 0.15) is 5.69 Å². The monoisotopic (exact) mass is 449 g/mol. The van der Waals surface area contributed by atoms with Crippen LogP contribution in [-0.4, -0.2) is 16.8 Å². The smallest absolute Gasteiger partial charge is 0.306 e. The Kier molecular flexibility index (Phi) is 5.89. The highest BCUT2D eigenvalue weighted by Crippen LogP contribution is 2.34. The maximum absolute atomic E-state index is 13.5. The van der Waals surface area contributed by atoms with Gasteiger partial charge in [0.25, 0.3) is 0 Å². The van der Waals surface area contributed by atoms with Crippen LogP contribution >= 0.6 is 23.2 Å². The standard InChI is InChI=1S/C24H17Cl2N3O2/c1-15(30)20-14-22(23-19(26)12-16(25)13-21(23)27-20)28-24(31)29(17-8-4-2-5-9-17)18-10-6-3-7-11-18/h2-14H,1H3,(H,27,28,31). The first-order valence-electron chi connectivity index (χ1n) is 9.46. The molecule has 3 aromatic carbocycles. The molecule has 0 unspecified atom stereocenters. The molecule has 0 saturated carbocycles. The maximum Gasteiger partial charge on any atom is 0.330 e. The molecule has 0 atom stereocenters. The van der Waals surface area contributed by atoms with E-state index in [1.54, 1.807) is 17.0 Å². The number of halogens is 2. The number of para-hydroxylation sites is 2. The number of amides is 2. The van der Waals surface area contributed by atoms with E-state index in [4.69, 9.17) is 23.2 Å². The first-order chi connectivity index (χ1) is 14.9. The predicted octanol–water partition coefficient (Wildman–Crippen LogP) is 7.11. The Hall–Kier alpha value is -3.41. The summed E-state index contributed by atoms with van der Waals surface area (Å²) >= 11 is 12.5. The lowest BCUT2D eigenvalue weighted by Crippen LogP contribution is -2.31. The number of urea groups is 1. The lowest BCUT2D eigenvalue weighted by atomic mass is 10.1. The van der Waals surface area contributed by atoms with Gasteiger partial charge in [0.2, 0.25) is 0 Å². The van der Waals surface area contributed by atoms with E-state index in [9.17, 15) is 9.59 Å². The number of aromatic nitrogens is 1. The van der Waals surface area contributed by atoms with E-state index in [0.717, 1.165) is 0 Å². The summed E-state index contributed by atoms with van der Waals surface area (Å²) in [5.41, 5.74) is 2.37. The van der Waals surface area contributed by atoms with Crippen LogP contribution in [0.3, 0.4) is 0 Å². The molecule has 5 nitrogen and oxygen atoms in total. The molecule has 0 saturated heterocycles. The molecule has 4 rings (SSSR count). The molecule has 7 heteroatoms. The molecule has 1 N–H and O–H groups in total. The third-order valence-corrected chi connectivity index (χ3v) is 5.18. The van der Waals surface area contributed by atoms with Gasteiger partial charge in [-0.15, -0.1) is 0 Å². The zero-order valence-corrected chi connectivity index (χ0v) is 18.0. The van der Waals surface area contributed by atoms with E-state index in [0.29, 0.717) is 38.0 Å². The largest absolute Gasteiger partial charge is 0.330 e. The summed E-state index contributed by atoms with van der Waals surface area (Å²) in [4.78, 5) is 31.4. The molecule has 4 aromatic rings. The zero-order valence-electron chi connectivity index (χ0n) is 16.5. The fourth-order valence-corrected chi connectivity index (χ4v) is 3.86. The quantitative estimate of drug-likeness (QED) is 0.337. The number of benzene rings is 3. The van der Waals surface area contributed by atoms with E-state index in [2.05, 4.69) is 10.3 Å². The molecule has 31 heavy (non-hydrogen) atoms. The molecule has 1 heterocycles. The van der Waals surface area contributed by atoms with Crippen LogP contribution in [0.4, 0.5) is 21.9 Å². The number of hydrogen-bond donors (Lipinski definition) is 1. The number of fused-ring (bicyclic) bond motifs is 1. The Morgan fingerprint density at radius 3 is 2.00 bits per heavy atom. The molecule has 0 aliphatic carbocycles. The van der Waals surface area contributed by atoms with Crippen LogP contribution in [0, 0.1) is 0 Å². The normalized spacial score (nSPS) is 10.7. The second kappa shape index (κ2) is 8.76. The Balaban J connectivity index is 1.83. The Labute approximate surface area is 189 Å². The summed E-state index contributed by atoms with van der Waals surface area (Å²) in [5.74, 6) is -0.239. The molecule has 1 aromatic heterocycles. The molecular formula is C24H17Cl2N3O2. The average molecular weight is 450 g/mol. The van der Waals surface area contributed by atoms with Crippen LogP contribution in [0.1, 0.15) is 17.4 Å². The number of ketones is 1. The second-order valence-electron chi connectivity index (χ2n) is 6.83. The average Bonchev–Trinajstić information content (AvgIpc) is 2.74. The summed E-state index contributed by atoms with van der Waals surface area (Å²) in [6.07, 6.45) is 0. The van der Waals surface area contributed by atoms with Crippen molar-refractivity contribution in [2.24, 2.45) is 0 Å². The number of nitrogens with zero attached hydrogens (tertiary/aromatic N) is 2. The van der Waals surface area contributed by atoms with Gasteiger partial charge in [-0.05, 0) is 42.5 Å². The van der Waals surface area contributed by atoms with Crippen molar-refractivity contribution in [1.29, 1.82) is 0 Å². The summed E-state index contributed by atoms with van der Waals surface area (Å²) in [5, 5.41) is 4.12. The van der Waals surface area contributed by atoms with Crippen molar-refractivity contribution in [3.8, 4) is 0 Å². The molecule has 0 spiro atoms. The van der Waals surface area contributed by atoms with Gasteiger partial charge in [0, 0.05) is 17.3 Å². The maximum atomic E-state index is 13.5. The van der Waals surface area contributed by atoms with Gasteiger partial charge < -0.3 is 5.32 Å². The van der Waals surface area contributed by atoms with E-state index >= 15 is 0 Å². The van der Waals surface area contributed by atoms with Crippen LogP contribution in [0.25, 0.3) is 10.9 Å². The molecule has 0 bridgehead atoms. The Morgan fingerprint density at radius 2 is 1.45 bits per heavy atom. The van der Waals surface area contributed by atoms with Crippen molar-refractivity contribution in [3.63, 3.8) is 0 Å². The number of anilines is 3. The fourth-order valence-electron chi connectivity index (χ4n) is 3.27. The van der Waals surface area contributed by atoms with Gasteiger partial charge in [0.05, 0.1) is 27.6 Å². The van der Waals surface area contributed by atoms with Crippen molar-refractivity contribution in [2.45, 2.75) is 6.92 Å². The lowest BCUT2D eigenvalue weighted by molar-refractivity contribution is 0.101. The summed E-state index contributed by atoms with van der Waals surface area (Å²) < 4.78 is 0. The number of hydrogen-bond acceptors (Lipinski definition) is 3. The van der Waals surface area contributed by atoms with E-state index in [1.165, 1.54) is 13.0 Å². The highest BCUT2D eigenvalue weighted by molar-refractivity contribution is 6.39. The molecular weight excluding hydrogens is 433 g/mol. The van der Waals surface area contributed by atoms with Crippen molar-refractivity contribution >= 4 is 63.0 Å². The minimum Gasteiger partial charge on any atom is -0.306 e. The number of carbonyl (C=O) groups is 2. The number of pyridine rings is 1. The van der Waals surface area contributed by atoms with Crippen LogP contribution < -0.4 is 10.2 Å². The second-order valence-corrected chi connectivity index (χ2v) is 7.67. The van der Waals surface area contributed by atoms with Crippen LogP contribution in [0.2, 0.25) is 10.0 Å². The number of nitrogens with one attached hydrogen (secondary N) is 1. The topological polar surface area (TPSA) is 62.3 Å². The Bertz CT molecular complexity index is 1240. The van der Waals surface area contributed by atoms with Crippen LogP contribution in [0.15, 0.2) is 78.9 Å². The first kappa shape index (κ1) is 20.8. The fraction of sp³-hybridized carbons (Fsp3) is 0.0417. The first-order valence-corrected chi connectivity index (χ1v) is 10.2. The summed E-state index contributed by atoms with van der Waals surface area (Å²) in [6, 6.07) is 22.8. The van der Waals surface area contributed by atoms with Crippen molar-refractivity contribution < 1.29 is 9.59 Å². The van der Waals surface area contributed by atoms with E-state index < -0.39 is 6.03 Å². The number of Topliss-reactive ketones (excluding diaryl/α,β-unsaturated/α-hetero) is 1. The van der Waals surface area contributed by atoms with E-state index in [-0.39, 0.29) is 11.5 Å². The van der Waals surface area contributed by atoms with Crippen molar-refractivity contribution in [1.82, 2.24) is 4.98 Å². The predicted molar refractivity (Wildman–Crippen MR) is 126 cm³/mol. The molecule has 0 aliphatic heterocycles. The van der Waals surface area contributed by atoms with Crippen molar-refractivity contribution in [3.05, 3.63) is 94.6 Å². The SMILES string of the molecule is CC(=O)c1cc(NC(=O)N(c2ccccc2)c2ccccc2)c2c(Cl)cc(Cl)cc2n1. The minimum absolute atomic E-state index is 0.201. The van der Waals surface area contributed by atoms with Gasteiger partial charge in [-0.3, -0.25) is 9.69 Å². The van der Waals surface area contributed by atoms with Gasteiger partial charge in [-0.2, -0.15) is 0 Å². The molecule has 2 amide bonds. The van der Waals surface area contributed by atoms with Crippen LogP contribution in [-0.2, 0) is 0 Å². The van der Waals surface area contributed by atoms with Gasteiger partial charge in [0.15, 0.2) is 5.78 Å². The summed E-state index contributed by atoms with van der Waals surface area (Å²) in [6.45, 7) is 1.41.